The molecule has 0 saturated heterocycles. The van der Waals surface area contributed by atoms with Gasteiger partial charge in [-0.1, -0.05) is 20.8 Å². The van der Waals surface area contributed by atoms with Crippen molar-refractivity contribution in [1.29, 1.82) is 0 Å². The van der Waals surface area contributed by atoms with Gasteiger partial charge in [0.25, 0.3) is 0 Å². The van der Waals surface area contributed by atoms with Gasteiger partial charge in [-0.3, -0.25) is 4.89 Å². The zero-order valence-corrected chi connectivity index (χ0v) is 7.25. The van der Waals surface area contributed by atoms with Gasteiger partial charge in [-0.2, -0.15) is 5.26 Å². The molecular weight excluding hydrogens is 148 g/mol. The van der Waals surface area contributed by atoms with Crippen LogP contribution in [-0.4, -0.2) is 24.4 Å². The van der Waals surface area contributed by atoms with E-state index >= 15 is 0 Å². The standard InChI is InChI=1S/C7H14O4/c1-7(2,3)5(10-4)6(8)11-9/h5,9H,1-4H3. The van der Waals surface area contributed by atoms with Gasteiger partial charge in [0, 0.05) is 7.11 Å². The maximum Gasteiger partial charge on any atom is 0.371 e. The first-order valence-electron chi connectivity index (χ1n) is 3.31. The van der Waals surface area contributed by atoms with Crippen molar-refractivity contribution in [1.82, 2.24) is 0 Å². The van der Waals surface area contributed by atoms with Gasteiger partial charge < -0.3 is 4.74 Å². The average Bonchev–Trinajstić information content (AvgIpc) is 1.86. The summed E-state index contributed by atoms with van der Waals surface area (Å²) in [6.07, 6.45) is -0.729. The van der Waals surface area contributed by atoms with Gasteiger partial charge in [-0.25, -0.2) is 4.79 Å². The average molecular weight is 162 g/mol. The summed E-state index contributed by atoms with van der Waals surface area (Å²) in [5.41, 5.74) is -0.367. The van der Waals surface area contributed by atoms with Gasteiger partial charge in [0.2, 0.25) is 0 Å². The van der Waals surface area contributed by atoms with Crippen molar-refractivity contribution >= 4 is 5.97 Å². The Morgan fingerprint density at radius 1 is 1.45 bits per heavy atom. The topological polar surface area (TPSA) is 55.8 Å². The van der Waals surface area contributed by atoms with Crippen molar-refractivity contribution in [2.45, 2.75) is 26.9 Å². The first-order valence-corrected chi connectivity index (χ1v) is 3.31. The second kappa shape index (κ2) is 3.69. The zero-order valence-electron chi connectivity index (χ0n) is 7.25. The van der Waals surface area contributed by atoms with Crippen molar-refractivity contribution in [3.05, 3.63) is 0 Å². The molecule has 0 aliphatic rings. The highest BCUT2D eigenvalue weighted by atomic mass is 17.1. The third-order valence-electron chi connectivity index (χ3n) is 1.33. The molecule has 0 aliphatic heterocycles. The lowest BCUT2D eigenvalue weighted by Gasteiger charge is -2.25. The number of ether oxygens (including phenoxy) is 1. The molecule has 0 aliphatic carbocycles. The van der Waals surface area contributed by atoms with Crippen LogP contribution in [0.5, 0.6) is 0 Å². The molecule has 0 rings (SSSR count). The highest BCUT2D eigenvalue weighted by Gasteiger charge is 2.32. The van der Waals surface area contributed by atoms with Gasteiger partial charge in [0.05, 0.1) is 0 Å². The number of carbonyl (C=O) groups excluding carboxylic acids is 1. The van der Waals surface area contributed by atoms with Crippen LogP contribution in [0.15, 0.2) is 0 Å². The fourth-order valence-corrected chi connectivity index (χ4v) is 0.851. The lowest BCUT2D eigenvalue weighted by Crippen LogP contribution is -2.36. The van der Waals surface area contributed by atoms with Crippen LogP contribution < -0.4 is 0 Å². The summed E-state index contributed by atoms with van der Waals surface area (Å²) in [7, 11) is 1.40. The summed E-state index contributed by atoms with van der Waals surface area (Å²) in [5.74, 6) is -0.764. The normalized spacial score (nSPS) is 14.3. The first kappa shape index (κ1) is 10.4. The maximum absolute atomic E-state index is 10.8. The molecule has 4 heteroatoms. The van der Waals surface area contributed by atoms with E-state index in [1.54, 1.807) is 0 Å². The molecule has 0 aromatic rings. The quantitative estimate of drug-likeness (QED) is 0.487. The largest absolute Gasteiger partial charge is 0.371 e. The molecule has 1 unspecified atom stereocenters. The van der Waals surface area contributed by atoms with Crippen LogP contribution in [0.4, 0.5) is 0 Å². The molecule has 0 fully saturated rings. The molecule has 0 spiro atoms. The summed E-state index contributed by atoms with van der Waals surface area (Å²) in [4.78, 5) is 14.4. The van der Waals surface area contributed by atoms with Crippen molar-refractivity contribution < 1.29 is 19.7 Å². The Kier molecular flexibility index (Phi) is 3.48. The summed E-state index contributed by atoms with van der Waals surface area (Å²) in [6.45, 7) is 5.45. The Hall–Kier alpha value is -0.610. The van der Waals surface area contributed by atoms with Gasteiger partial charge in [-0.15, -0.1) is 0 Å². The highest BCUT2D eigenvalue weighted by Crippen LogP contribution is 2.22. The van der Waals surface area contributed by atoms with Crippen LogP contribution in [-0.2, 0) is 14.4 Å². The molecule has 1 atom stereocenters. The van der Waals surface area contributed by atoms with E-state index in [-0.39, 0.29) is 5.41 Å². The predicted molar refractivity (Wildman–Crippen MR) is 39.0 cm³/mol. The molecule has 0 heterocycles. The zero-order chi connectivity index (χ0) is 9.07. The minimum absolute atomic E-state index is 0.367. The molecule has 0 aromatic heterocycles. The van der Waals surface area contributed by atoms with E-state index in [2.05, 4.69) is 4.89 Å². The van der Waals surface area contributed by atoms with Crippen molar-refractivity contribution in [2.24, 2.45) is 5.41 Å². The van der Waals surface area contributed by atoms with Crippen LogP contribution in [0.25, 0.3) is 0 Å². The van der Waals surface area contributed by atoms with Gasteiger partial charge >= 0.3 is 5.97 Å². The van der Waals surface area contributed by atoms with E-state index < -0.39 is 12.1 Å². The number of carbonyl (C=O) groups is 1. The third kappa shape index (κ3) is 2.86. The number of methoxy groups -OCH3 is 1. The van der Waals surface area contributed by atoms with Crippen LogP contribution in [0.1, 0.15) is 20.8 Å². The van der Waals surface area contributed by atoms with E-state index in [0.717, 1.165) is 0 Å². The summed E-state index contributed by atoms with van der Waals surface area (Å²) in [6, 6.07) is 0. The van der Waals surface area contributed by atoms with E-state index in [4.69, 9.17) is 9.99 Å². The molecule has 0 bridgehead atoms. The van der Waals surface area contributed by atoms with Crippen LogP contribution in [0.3, 0.4) is 0 Å². The molecule has 0 saturated carbocycles. The minimum atomic E-state index is -0.764. The van der Waals surface area contributed by atoms with E-state index in [0.29, 0.717) is 0 Å². The molecular formula is C7H14O4. The smallest absolute Gasteiger partial charge is 0.369 e. The first-order chi connectivity index (χ1) is 4.93. The SMILES string of the molecule is COC(C(=O)OO)C(C)(C)C. The molecule has 0 amide bonds. The molecule has 0 radical (unpaired) electrons. The fraction of sp³-hybridized carbons (Fsp3) is 0.857. The predicted octanol–water partition coefficient (Wildman–Crippen LogP) is 1.06. The minimum Gasteiger partial charge on any atom is -0.369 e. The summed E-state index contributed by atoms with van der Waals surface area (Å²) < 4.78 is 4.83. The van der Waals surface area contributed by atoms with Crippen LogP contribution >= 0.6 is 0 Å². The second-order valence-corrected chi connectivity index (χ2v) is 3.39. The van der Waals surface area contributed by atoms with E-state index in [9.17, 15) is 4.79 Å². The van der Waals surface area contributed by atoms with E-state index in [1.165, 1.54) is 7.11 Å². The fourth-order valence-electron chi connectivity index (χ4n) is 0.851. The number of hydrogen-bond acceptors (Lipinski definition) is 4. The van der Waals surface area contributed by atoms with Gasteiger partial charge in [0.15, 0.2) is 6.10 Å². The van der Waals surface area contributed by atoms with Gasteiger partial charge in [0.1, 0.15) is 0 Å². The van der Waals surface area contributed by atoms with Crippen LogP contribution in [0.2, 0.25) is 0 Å². The number of hydrogen-bond donors (Lipinski definition) is 1. The molecule has 0 aromatic carbocycles. The second-order valence-electron chi connectivity index (χ2n) is 3.39. The Labute approximate surface area is 66.0 Å². The lowest BCUT2D eigenvalue weighted by molar-refractivity contribution is -0.248. The monoisotopic (exact) mass is 162 g/mol. The Morgan fingerprint density at radius 3 is 2.00 bits per heavy atom. The molecule has 66 valence electrons. The van der Waals surface area contributed by atoms with E-state index in [1.807, 2.05) is 20.8 Å². The van der Waals surface area contributed by atoms with Crippen LogP contribution in [0, 0.1) is 5.41 Å². The Bertz CT molecular complexity index is 136. The number of rotatable bonds is 2. The maximum atomic E-state index is 10.8. The highest BCUT2D eigenvalue weighted by molar-refractivity contribution is 5.74. The molecule has 4 nitrogen and oxygen atoms in total. The van der Waals surface area contributed by atoms with Crippen molar-refractivity contribution in [3.8, 4) is 0 Å². The third-order valence-corrected chi connectivity index (χ3v) is 1.33. The molecule has 1 N–H and O–H groups in total. The Balaban J connectivity index is 4.29. The molecule has 11 heavy (non-hydrogen) atoms. The summed E-state index contributed by atoms with van der Waals surface area (Å²) in [5, 5.41) is 8.07. The lowest BCUT2D eigenvalue weighted by atomic mass is 9.89. The van der Waals surface area contributed by atoms with Crippen molar-refractivity contribution in [2.75, 3.05) is 7.11 Å². The summed E-state index contributed by atoms with van der Waals surface area (Å²) >= 11 is 0. The Morgan fingerprint density at radius 2 is 1.91 bits per heavy atom. The van der Waals surface area contributed by atoms with Crippen molar-refractivity contribution in [3.63, 3.8) is 0 Å². The van der Waals surface area contributed by atoms with Gasteiger partial charge in [-0.05, 0) is 5.41 Å².